The van der Waals surface area contributed by atoms with Crippen molar-refractivity contribution in [2.24, 2.45) is 11.3 Å². The summed E-state index contributed by atoms with van der Waals surface area (Å²) in [5.41, 5.74) is 0.0989. The first-order chi connectivity index (χ1) is 10.6. The van der Waals surface area contributed by atoms with Crippen LogP contribution in [0.15, 0.2) is 0 Å². The smallest absolute Gasteiger partial charge is 0.240 e. The number of nitrogens with zero attached hydrogens (tertiary/aromatic N) is 2. The second-order valence-corrected chi connectivity index (χ2v) is 8.26. The van der Waals surface area contributed by atoms with Crippen molar-refractivity contribution >= 4 is 5.91 Å². The van der Waals surface area contributed by atoms with E-state index in [1.165, 1.54) is 51.7 Å². The Morgan fingerprint density at radius 3 is 2.41 bits per heavy atom. The zero-order chi connectivity index (χ0) is 15.6. The zero-order valence-electron chi connectivity index (χ0n) is 14.4. The third kappa shape index (κ3) is 3.65. The van der Waals surface area contributed by atoms with E-state index in [-0.39, 0.29) is 11.5 Å². The minimum absolute atomic E-state index is 0.0244. The van der Waals surface area contributed by atoms with Gasteiger partial charge in [-0.05, 0) is 69.5 Å². The summed E-state index contributed by atoms with van der Waals surface area (Å²) in [5.74, 6) is 1.15. The van der Waals surface area contributed by atoms with Gasteiger partial charge in [-0.25, -0.2) is 0 Å². The summed E-state index contributed by atoms with van der Waals surface area (Å²) in [5, 5.41) is 3.48. The van der Waals surface area contributed by atoms with Crippen LogP contribution in [-0.2, 0) is 4.79 Å². The molecule has 0 aromatic heterocycles. The fraction of sp³-hybridized carbons (Fsp3) is 0.944. The van der Waals surface area contributed by atoms with E-state index in [9.17, 15) is 4.79 Å². The monoisotopic (exact) mass is 307 g/mol. The molecule has 3 aliphatic rings. The molecule has 3 rings (SSSR count). The molecule has 0 spiro atoms. The van der Waals surface area contributed by atoms with Crippen LogP contribution in [0.1, 0.15) is 52.4 Å². The van der Waals surface area contributed by atoms with Gasteiger partial charge in [-0.3, -0.25) is 4.79 Å². The van der Waals surface area contributed by atoms with E-state index in [1.54, 1.807) is 0 Å². The molecule has 4 nitrogen and oxygen atoms in total. The van der Waals surface area contributed by atoms with E-state index >= 15 is 0 Å². The van der Waals surface area contributed by atoms with Gasteiger partial charge in [0.2, 0.25) is 5.91 Å². The summed E-state index contributed by atoms with van der Waals surface area (Å²) in [7, 11) is 0. The Hall–Kier alpha value is -0.610. The molecule has 126 valence electrons. The molecule has 0 bridgehead atoms. The van der Waals surface area contributed by atoms with Gasteiger partial charge in [0.05, 0.1) is 6.04 Å². The highest BCUT2D eigenvalue weighted by molar-refractivity contribution is 5.83. The predicted octanol–water partition coefficient (Wildman–Crippen LogP) is 2.10. The highest BCUT2D eigenvalue weighted by Gasteiger charge is 2.40. The lowest BCUT2D eigenvalue weighted by molar-refractivity contribution is -0.138. The maximum Gasteiger partial charge on any atom is 0.240 e. The Morgan fingerprint density at radius 2 is 1.77 bits per heavy atom. The van der Waals surface area contributed by atoms with Crippen LogP contribution in [0.25, 0.3) is 0 Å². The third-order valence-electron chi connectivity index (χ3n) is 6.02. The molecule has 0 radical (unpaired) electrons. The zero-order valence-corrected chi connectivity index (χ0v) is 14.4. The van der Waals surface area contributed by atoms with Crippen molar-refractivity contribution in [2.45, 2.75) is 58.4 Å². The van der Waals surface area contributed by atoms with E-state index in [0.717, 1.165) is 32.0 Å². The Kier molecular flexibility index (Phi) is 5.08. The molecule has 1 unspecified atom stereocenters. The van der Waals surface area contributed by atoms with Crippen molar-refractivity contribution in [3.63, 3.8) is 0 Å². The highest BCUT2D eigenvalue weighted by Crippen LogP contribution is 2.32. The van der Waals surface area contributed by atoms with Gasteiger partial charge < -0.3 is 15.1 Å². The summed E-state index contributed by atoms with van der Waals surface area (Å²) >= 11 is 0. The van der Waals surface area contributed by atoms with Gasteiger partial charge in [0.1, 0.15) is 0 Å². The first kappa shape index (κ1) is 16.3. The maximum absolute atomic E-state index is 12.9. The molecule has 1 atom stereocenters. The van der Waals surface area contributed by atoms with Crippen molar-refractivity contribution in [1.82, 2.24) is 15.1 Å². The van der Waals surface area contributed by atoms with E-state index in [4.69, 9.17) is 0 Å². The number of hydrogen-bond acceptors (Lipinski definition) is 3. The van der Waals surface area contributed by atoms with Crippen LogP contribution in [0.5, 0.6) is 0 Å². The van der Waals surface area contributed by atoms with Gasteiger partial charge in [0.15, 0.2) is 0 Å². The van der Waals surface area contributed by atoms with Crippen molar-refractivity contribution < 1.29 is 4.79 Å². The van der Waals surface area contributed by atoms with Gasteiger partial charge in [-0.2, -0.15) is 0 Å². The molecule has 22 heavy (non-hydrogen) atoms. The summed E-state index contributed by atoms with van der Waals surface area (Å²) in [6, 6.07) is 0.0244. The van der Waals surface area contributed by atoms with E-state index < -0.39 is 0 Å². The minimum atomic E-state index is 0.0244. The summed E-state index contributed by atoms with van der Waals surface area (Å²) < 4.78 is 0. The molecule has 0 aliphatic carbocycles. The van der Waals surface area contributed by atoms with E-state index in [0.29, 0.717) is 5.91 Å². The topological polar surface area (TPSA) is 35.6 Å². The van der Waals surface area contributed by atoms with Crippen LogP contribution in [0.2, 0.25) is 0 Å². The van der Waals surface area contributed by atoms with Gasteiger partial charge >= 0.3 is 0 Å². The lowest BCUT2D eigenvalue weighted by Gasteiger charge is -2.42. The molecule has 1 N–H and O–H groups in total. The number of nitrogens with one attached hydrogen (secondary N) is 1. The lowest BCUT2D eigenvalue weighted by atomic mass is 9.76. The predicted molar refractivity (Wildman–Crippen MR) is 89.8 cm³/mol. The number of likely N-dealkylation sites (tertiary alicyclic amines) is 2. The molecule has 3 heterocycles. The van der Waals surface area contributed by atoms with Gasteiger partial charge in [0.25, 0.3) is 0 Å². The first-order valence-corrected chi connectivity index (χ1v) is 9.31. The SMILES string of the molecule is CC1(C)CCCNC1C(=O)N1CCC(CN2CCCC2)CC1. The van der Waals surface area contributed by atoms with Gasteiger partial charge in [-0.1, -0.05) is 13.8 Å². The third-order valence-corrected chi connectivity index (χ3v) is 6.02. The average Bonchev–Trinajstić information content (AvgIpc) is 3.00. The van der Waals surface area contributed by atoms with Crippen LogP contribution < -0.4 is 5.32 Å². The molecule has 3 aliphatic heterocycles. The van der Waals surface area contributed by atoms with Crippen molar-refractivity contribution in [1.29, 1.82) is 0 Å². The molecule has 0 saturated carbocycles. The fourth-order valence-electron chi connectivity index (χ4n) is 4.48. The fourth-order valence-corrected chi connectivity index (χ4v) is 4.48. The van der Waals surface area contributed by atoms with Crippen molar-refractivity contribution in [3.8, 4) is 0 Å². The quantitative estimate of drug-likeness (QED) is 0.867. The normalized spacial score (nSPS) is 30.6. The Bertz CT molecular complexity index is 382. The Balaban J connectivity index is 1.49. The highest BCUT2D eigenvalue weighted by atomic mass is 16.2. The average molecular weight is 307 g/mol. The Labute approximate surface area is 135 Å². The Morgan fingerprint density at radius 1 is 1.09 bits per heavy atom. The van der Waals surface area contributed by atoms with Crippen LogP contribution in [-0.4, -0.2) is 61.0 Å². The second-order valence-electron chi connectivity index (χ2n) is 8.26. The molecule has 0 aromatic carbocycles. The number of carbonyl (C=O) groups excluding carboxylic acids is 1. The summed E-state index contributed by atoms with van der Waals surface area (Å²) in [6.07, 6.45) is 7.47. The molecule has 1 amide bonds. The van der Waals surface area contributed by atoms with Crippen LogP contribution >= 0.6 is 0 Å². The number of piperidine rings is 2. The maximum atomic E-state index is 12.9. The van der Waals surface area contributed by atoms with Gasteiger partial charge in [-0.15, -0.1) is 0 Å². The summed E-state index contributed by atoms with van der Waals surface area (Å²) in [6.45, 7) is 11.2. The second kappa shape index (κ2) is 6.88. The van der Waals surface area contributed by atoms with E-state index in [2.05, 4.69) is 29.0 Å². The molecule has 3 saturated heterocycles. The van der Waals surface area contributed by atoms with Gasteiger partial charge in [0, 0.05) is 19.6 Å². The largest absolute Gasteiger partial charge is 0.341 e. The molecule has 4 heteroatoms. The number of rotatable bonds is 3. The first-order valence-electron chi connectivity index (χ1n) is 9.31. The lowest BCUT2D eigenvalue weighted by Crippen LogP contribution is -2.57. The minimum Gasteiger partial charge on any atom is -0.341 e. The summed E-state index contributed by atoms with van der Waals surface area (Å²) in [4.78, 5) is 17.6. The van der Waals surface area contributed by atoms with Crippen molar-refractivity contribution in [3.05, 3.63) is 0 Å². The van der Waals surface area contributed by atoms with Crippen LogP contribution in [0.4, 0.5) is 0 Å². The molecular weight excluding hydrogens is 274 g/mol. The van der Waals surface area contributed by atoms with Crippen molar-refractivity contribution in [2.75, 3.05) is 39.3 Å². The standard InChI is InChI=1S/C18H33N3O/c1-18(2)8-5-9-19-16(18)17(22)21-12-6-15(7-13-21)14-20-10-3-4-11-20/h15-16,19H,3-14H2,1-2H3. The van der Waals surface area contributed by atoms with Crippen LogP contribution in [0, 0.1) is 11.3 Å². The number of amides is 1. The molecular formula is C18H33N3O. The van der Waals surface area contributed by atoms with Crippen LogP contribution in [0.3, 0.4) is 0 Å². The molecule has 0 aromatic rings. The molecule has 3 fully saturated rings. The van der Waals surface area contributed by atoms with E-state index in [1.807, 2.05) is 0 Å². The number of carbonyl (C=O) groups is 1. The number of hydrogen-bond donors (Lipinski definition) is 1.